The predicted octanol–water partition coefficient (Wildman–Crippen LogP) is 5.32. The first-order valence-electron chi connectivity index (χ1n) is 7.85. The molecule has 0 aliphatic heterocycles. The van der Waals surface area contributed by atoms with Crippen molar-refractivity contribution in [2.45, 2.75) is 25.9 Å². The molecule has 0 spiro atoms. The van der Waals surface area contributed by atoms with Gasteiger partial charge in [-0.1, -0.05) is 61.9 Å². The van der Waals surface area contributed by atoms with E-state index in [1.165, 1.54) is 37.9 Å². The molecule has 4 aromatic carbocycles. The second kappa shape index (κ2) is 5.24. The molecule has 4 aromatic rings. The zero-order valence-electron chi connectivity index (χ0n) is 12.7. The molecule has 0 aromatic heterocycles. The van der Waals surface area contributed by atoms with Crippen LogP contribution in [0.15, 0.2) is 54.6 Å². The molecule has 1 atom stereocenters. The minimum Gasteiger partial charge on any atom is -0.297 e. The van der Waals surface area contributed by atoms with Crippen molar-refractivity contribution in [3.63, 3.8) is 0 Å². The molecule has 22 heavy (non-hydrogen) atoms. The monoisotopic (exact) mass is 289 g/mol. The summed E-state index contributed by atoms with van der Waals surface area (Å²) in [5.74, 6) is 5.59. The minimum absolute atomic E-state index is 0.0563. The molecule has 2 N–H and O–H groups in total. The highest BCUT2D eigenvalue weighted by atomic mass is 16.6. The van der Waals surface area contributed by atoms with Crippen LogP contribution in [-0.2, 0) is 4.84 Å². The summed E-state index contributed by atoms with van der Waals surface area (Å²) in [6, 6.07) is 19.6. The van der Waals surface area contributed by atoms with Gasteiger partial charge in [0.2, 0.25) is 0 Å². The van der Waals surface area contributed by atoms with Gasteiger partial charge in [-0.2, -0.15) is 0 Å². The van der Waals surface area contributed by atoms with Crippen LogP contribution in [0, 0.1) is 0 Å². The molecule has 0 bridgehead atoms. The molecule has 0 aliphatic carbocycles. The van der Waals surface area contributed by atoms with E-state index in [9.17, 15) is 0 Å². The van der Waals surface area contributed by atoms with Gasteiger partial charge >= 0.3 is 0 Å². The lowest BCUT2D eigenvalue weighted by Gasteiger charge is -2.19. The third kappa shape index (κ3) is 1.88. The predicted molar refractivity (Wildman–Crippen MR) is 93.1 cm³/mol. The fourth-order valence-electron chi connectivity index (χ4n) is 3.62. The first-order valence-corrected chi connectivity index (χ1v) is 7.85. The zero-order valence-corrected chi connectivity index (χ0v) is 12.7. The van der Waals surface area contributed by atoms with Crippen LogP contribution in [0.5, 0.6) is 0 Å². The van der Waals surface area contributed by atoms with E-state index in [-0.39, 0.29) is 6.10 Å². The summed E-state index contributed by atoms with van der Waals surface area (Å²) in [6.07, 6.45) is 1.91. The Labute approximate surface area is 129 Å². The van der Waals surface area contributed by atoms with E-state index in [2.05, 4.69) is 61.5 Å². The van der Waals surface area contributed by atoms with Gasteiger partial charge in [-0.25, -0.2) is 5.90 Å². The zero-order chi connectivity index (χ0) is 15.1. The lowest BCUT2D eigenvalue weighted by molar-refractivity contribution is 0.0471. The van der Waals surface area contributed by atoms with Gasteiger partial charge in [0, 0.05) is 0 Å². The fourth-order valence-corrected chi connectivity index (χ4v) is 3.62. The van der Waals surface area contributed by atoms with Gasteiger partial charge in [-0.05, 0) is 50.4 Å². The third-order valence-corrected chi connectivity index (χ3v) is 4.60. The molecule has 0 radical (unpaired) electrons. The first-order chi connectivity index (χ1) is 10.8. The van der Waals surface area contributed by atoms with Crippen LogP contribution in [-0.4, -0.2) is 0 Å². The molecular weight excluding hydrogens is 270 g/mol. The second-order valence-electron chi connectivity index (χ2n) is 5.93. The number of hydrogen-bond acceptors (Lipinski definition) is 2. The topological polar surface area (TPSA) is 35.2 Å². The lowest BCUT2D eigenvalue weighted by Crippen LogP contribution is -2.10. The Morgan fingerprint density at radius 2 is 1.59 bits per heavy atom. The lowest BCUT2D eigenvalue weighted by atomic mass is 9.89. The summed E-state index contributed by atoms with van der Waals surface area (Å²) >= 11 is 0. The van der Waals surface area contributed by atoms with Crippen LogP contribution in [0.2, 0.25) is 0 Å². The number of hydrogen-bond donors (Lipinski definition) is 1. The van der Waals surface area contributed by atoms with Crippen LogP contribution in [0.1, 0.15) is 31.4 Å². The molecule has 0 saturated heterocycles. The van der Waals surface area contributed by atoms with Gasteiger partial charge in [-0.3, -0.25) is 4.84 Å². The van der Waals surface area contributed by atoms with Gasteiger partial charge in [-0.15, -0.1) is 0 Å². The normalized spacial score (nSPS) is 13.4. The molecule has 0 saturated carbocycles. The average Bonchev–Trinajstić information content (AvgIpc) is 2.57. The highest BCUT2D eigenvalue weighted by Crippen LogP contribution is 2.39. The van der Waals surface area contributed by atoms with E-state index in [1.54, 1.807) is 0 Å². The number of nitrogens with two attached hydrogens (primary N) is 1. The molecule has 0 amide bonds. The number of benzene rings is 4. The van der Waals surface area contributed by atoms with Crippen LogP contribution in [0.4, 0.5) is 0 Å². The highest BCUT2D eigenvalue weighted by Gasteiger charge is 2.17. The first kappa shape index (κ1) is 13.5. The fraction of sp³-hybridized carbons (Fsp3) is 0.200. The molecule has 2 heteroatoms. The maximum Gasteiger partial charge on any atom is 0.104 e. The van der Waals surface area contributed by atoms with Crippen LogP contribution >= 0.6 is 0 Å². The summed E-state index contributed by atoms with van der Waals surface area (Å²) in [6.45, 7) is 2.16. The van der Waals surface area contributed by atoms with Gasteiger partial charge < -0.3 is 0 Å². The van der Waals surface area contributed by atoms with E-state index in [1.807, 2.05) is 0 Å². The van der Waals surface area contributed by atoms with E-state index >= 15 is 0 Å². The van der Waals surface area contributed by atoms with Crippen LogP contribution < -0.4 is 5.90 Å². The van der Waals surface area contributed by atoms with Crippen molar-refractivity contribution in [3.05, 3.63) is 60.2 Å². The quantitative estimate of drug-likeness (QED) is 0.408. The molecule has 0 aliphatic rings. The van der Waals surface area contributed by atoms with Crippen molar-refractivity contribution in [2.24, 2.45) is 5.90 Å². The van der Waals surface area contributed by atoms with Crippen LogP contribution in [0.25, 0.3) is 32.3 Å². The SMILES string of the molecule is CCCC(ON)c1cc2cccc3ccc4cccc1c4c32. The highest BCUT2D eigenvalue weighted by molar-refractivity contribution is 6.23. The van der Waals surface area contributed by atoms with Crippen molar-refractivity contribution >= 4 is 32.3 Å². The Hall–Kier alpha value is -2.16. The maximum atomic E-state index is 5.59. The molecule has 0 heterocycles. The Morgan fingerprint density at radius 3 is 2.32 bits per heavy atom. The van der Waals surface area contributed by atoms with E-state index < -0.39 is 0 Å². The molecule has 1 unspecified atom stereocenters. The molecule has 2 nitrogen and oxygen atoms in total. The van der Waals surface area contributed by atoms with Crippen molar-refractivity contribution < 1.29 is 4.84 Å². The van der Waals surface area contributed by atoms with Crippen molar-refractivity contribution in [1.82, 2.24) is 0 Å². The van der Waals surface area contributed by atoms with Crippen LogP contribution in [0.3, 0.4) is 0 Å². The average molecular weight is 289 g/mol. The Kier molecular flexibility index (Phi) is 3.21. The molecule has 4 rings (SSSR count). The second-order valence-corrected chi connectivity index (χ2v) is 5.93. The van der Waals surface area contributed by atoms with Gasteiger partial charge in [0.15, 0.2) is 0 Å². The largest absolute Gasteiger partial charge is 0.297 e. The van der Waals surface area contributed by atoms with Gasteiger partial charge in [0.05, 0.1) is 0 Å². The Balaban J connectivity index is 2.17. The molecular formula is C20H19NO. The van der Waals surface area contributed by atoms with Crippen molar-refractivity contribution in [2.75, 3.05) is 0 Å². The molecule has 110 valence electrons. The third-order valence-electron chi connectivity index (χ3n) is 4.60. The summed E-state index contributed by atoms with van der Waals surface area (Å²) < 4.78 is 0. The summed E-state index contributed by atoms with van der Waals surface area (Å²) in [7, 11) is 0. The maximum absolute atomic E-state index is 5.59. The van der Waals surface area contributed by atoms with Crippen molar-refractivity contribution in [3.8, 4) is 0 Å². The van der Waals surface area contributed by atoms with E-state index in [0.717, 1.165) is 12.8 Å². The Morgan fingerprint density at radius 1 is 0.909 bits per heavy atom. The number of rotatable bonds is 4. The Bertz CT molecular complexity index is 944. The van der Waals surface area contributed by atoms with E-state index in [4.69, 9.17) is 10.7 Å². The van der Waals surface area contributed by atoms with E-state index in [0.29, 0.717) is 0 Å². The summed E-state index contributed by atoms with van der Waals surface area (Å²) in [5, 5.41) is 7.74. The standard InChI is InChI=1S/C20H19NO/c1-2-5-18(22-21)17-12-15-8-3-6-13-10-11-14-7-4-9-16(17)20(14)19(13)15/h3-4,6-12,18H,2,5,21H2,1H3. The summed E-state index contributed by atoms with van der Waals surface area (Å²) in [4.78, 5) is 5.30. The minimum atomic E-state index is -0.0563. The van der Waals surface area contributed by atoms with Gasteiger partial charge in [0.1, 0.15) is 6.10 Å². The van der Waals surface area contributed by atoms with Crippen molar-refractivity contribution in [1.29, 1.82) is 0 Å². The molecule has 0 fully saturated rings. The summed E-state index contributed by atoms with van der Waals surface area (Å²) in [5.41, 5.74) is 1.20. The smallest absolute Gasteiger partial charge is 0.104 e. The van der Waals surface area contributed by atoms with Gasteiger partial charge in [0.25, 0.3) is 0 Å².